The number of aromatic nitrogens is 3. The largest absolute Gasteiger partial charge is 0.353 e. The van der Waals surface area contributed by atoms with Gasteiger partial charge in [0, 0.05) is 25.8 Å². The van der Waals surface area contributed by atoms with Crippen LogP contribution in [-0.4, -0.2) is 53.2 Å². The van der Waals surface area contributed by atoms with Crippen molar-refractivity contribution in [1.29, 1.82) is 0 Å². The minimum atomic E-state index is -3.12. The Morgan fingerprint density at radius 1 is 1.43 bits per heavy atom. The fourth-order valence-electron chi connectivity index (χ4n) is 2.07. The third-order valence-corrected chi connectivity index (χ3v) is 4.56. The monoisotopic (exact) mass is 311 g/mol. The first-order valence-electron chi connectivity index (χ1n) is 6.92. The number of hydrogen-bond donors (Lipinski definition) is 1. The van der Waals surface area contributed by atoms with E-state index in [1.54, 1.807) is 4.52 Å². The second-order valence-electron chi connectivity index (χ2n) is 4.98. The van der Waals surface area contributed by atoms with E-state index in [2.05, 4.69) is 15.4 Å². The molecular weight excluding hydrogens is 290 g/mol. The Labute approximate surface area is 125 Å². The third kappa shape index (κ3) is 4.15. The Morgan fingerprint density at radius 2 is 2.19 bits per heavy atom. The summed E-state index contributed by atoms with van der Waals surface area (Å²) in [4.78, 5) is 4.37. The fraction of sp³-hybridized carbons (Fsp3) is 0.538. The zero-order chi connectivity index (χ0) is 15.5. The molecule has 0 aromatic carbocycles. The first-order chi connectivity index (χ1) is 9.90. The molecule has 0 amide bonds. The van der Waals surface area contributed by atoms with Crippen LogP contribution in [-0.2, 0) is 10.0 Å². The van der Waals surface area contributed by atoms with E-state index >= 15 is 0 Å². The summed E-state index contributed by atoms with van der Waals surface area (Å²) in [6.07, 6.45) is 3.80. The molecule has 0 aliphatic rings. The summed E-state index contributed by atoms with van der Waals surface area (Å²) < 4.78 is 26.1. The molecule has 116 valence electrons. The maximum Gasteiger partial charge on any atom is 0.243 e. The molecule has 7 nitrogen and oxygen atoms in total. The summed E-state index contributed by atoms with van der Waals surface area (Å²) >= 11 is 0. The number of nitrogens with one attached hydrogen (secondary N) is 1. The van der Waals surface area contributed by atoms with Crippen LogP contribution in [0.5, 0.6) is 0 Å². The summed E-state index contributed by atoms with van der Waals surface area (Å²) in [5.41, 5.74) is 1.93. The highest BCUT2D eigenvalue weighted by molar-refractivity contribution is 7.88. The van der Waals surface area contributed by atoms with Crippen LogP contribution in [0.2, 0.25) is 0 Å². The first-order valence-corrected chi connectivity index (χ1v) is 8.77. The maximum atomic E-state index is 11.5. The van der Waals surface area contributed by atoms with Gasteiger partial charge in [-0.3, -0.25) is 0 Å². The van der Waals surface area contributed by atoms with E-state index in [1.807, 2.05) is 32.2 Å². The van der Waals surface area contributed by atoms with Crippen LogP contribution in [0.1, 0.15) is 18.9 Å². The number of sulfonamides is 1. The molecule has 0 spiro atoms. The molecule has 0 saturated carbocycles. The molecule has 2 rings (SSSR count). The molecule has 0 aliphatic carbocycles. The minimum absolute atomic E-state index is 0.491. The van der Waals surface area contributed by atoms with E-state index in [4.69, 9.17) is 0 Å². The highest BCUT2D eigenvalue weighted by Gasteiger charge is 2.13. The molecule has 21 heavy (non-hydrogen) atoms. The second-order valence-corrected chi connectivity index (χ2v) is 6.96. The zero-order valence-electron chi connectivity index (χ0n) is 12.6. The lowest BCUT2D eigenvalue weighted by Crippen LogP contribution is -2.31. The van der Waals surface area contributed by atoms with Crippen LogP contribution in [0.4, 0.5) is 5.95 Å². The molecule has 2 aromatic heterocycles. The van der Waals surface area contributed by atoms with Crippen molar-refractivity contribution >= 4 is 21.6 Å². The summed E-state index contributed by atoms with van der Waals surface area (Å²) in [5.74, 6) is 0.558. The van der Waals surface area contributed by atoms with Crippen molar-refractivity contribution in [2.24, 2.45) is 0 Å². The molecule has 0 bridgehead atoms. The van der Waals surface area contributed by atoms with Crippen molar-refractivity contribution in [1.82, 2.24) is 18.9 Å². The quantitative estimate of drug-likeness (QED) is 0.775. The molecule has 0 fully saturated rings. The average Bonchev–Trinajstić information content (AvgIpc) is 2.79. The third-order valence-electron chi connectivity index (χ3n) is 3.18. The van der Waals surface area contributed by atoms with E-state index < -0.39 is 10.0 Å². The molecule has 0 saturated heterocycles. The fourth-order valence-corrected chi connectivity index (χ4v) is 3.00. The van der Waals surface area contributed by atoms with Gasteiger partial charge in [-0.25, -0.2) is 17.2 Å². The van der Waals surface area contributed by atoms with Crippen LogP contribution < -0.4 is 5.32 Å². The van der Waals surface area contributed by atoms with Gasteiger partial charge in [-0.05, 0) is 31.0 Å². The standard InChI is InChI=1S/C13H21N5O2S/c1-4-17(21(3,19)20)8-5-7-14-13-15-12-10-11(2)6-9-18(12)16-13/h6,9-10H,4-5,7-8H2,1-3H3,(H,14,16). The summed E-state index contributed by atoms with van der Waals surface area (Å²) in [5, 5.41) is 7.42. The lowest BCUT2D eigenvalue weighted by atomic mass is 10.3. The smallest absolute Gasteiger partial charge is 0.243 e. The average molecular weight is 311 g/mol. The van der Waals surface area contributed by atoms with E-state index in [9.17, 15) is 8.42 Å². The lowest BCUT2D eigenvalue weighted by Gasteiger charge is -2.17. The number of fused-ring (bicyclic) bond motifs is 1. The van der Waals surface area contributed by atoms with Gasteiger partial charge < -0.3 is 5.32 Å². The van der Waals surface area contributed by atoms with Gasteiger partial charge in [0.2, 0.25) is 16.0 Å². The number of nitrogens with zero attached hydrogens (tertiary/aromatic N) is 4. The molecular formula is C13H21N5O2S. The molecule has 2 heterocycles. The summed E-state index contributed by atoms with van der Waals surface area (Å²) in [6.45, 7) is 5.45. The summed E-state index contributed by atoms with van der Waals surface area (Å²) in [7, 11) is -3.12. The number of anilines is 1. The Hall–Kier alpha value is -1.67. The predicted molar refractivity (Wildman–Crippen MR) is 82.9 cm³/mol. The van der Waals surface area contributed by atoms with Gasteiger partial charge in [-0.15, -0.1) is 5.10 Å². The van der Waals surface area contributed by atoms with Crippen molar-refractivity contribution in [3.05, 3.63) is 23.9 Å². The first kappa shape index (κ1) is 15.7. The van der Waals surface area contributed by atoms with E-state index in [0.717, 1.165) is 11.2 Å². The van der Waals surface area contributed by atoms with Crippen LogP contribution in [0, 0.1) is 6.92 Å². The van der Waals surface area contributed by atoms with Crippen LogP contribution >= 0.6 is 0 Å². The van der Waals surface area contributed by atoms with Gasteiger partial charge >= 0.3 is 0 Å². The Balaban J connectivity index is 1.88. The molecule has 0 unspecified atom stereocenters. The Bertz CT molecular complexity index is 710. The van der Waals surface area contributed by atoms with Crippen LogP contribution in [0.25, 0.3) is 5.65 Å². The van der Waals surface area contributed by atoms with E-state index in [1.165, 1.54) is 10.6 Å². The van der Waals surface area contributed by atoms with Gasteiger partial charge in [-0.2, -0.15) is 4.98 Å². The van der Waals surface area contributed by atoms with Crippen molar-refractivity contribution in [3.8, 4) is 0 Å². The summed E-state index contributed by atoms with van der Waals surface area (Å²) in [6, 6.07) is 3.93. The molecule has 2 aromatic rings. The number of hydrogen-bond acceptors (Lipinski definition) is 5. The van der Waals surface area contributed by atoms with Crippen molar-refractivity contribution in [2.45, 2.75) is 20.3 Å². The topological polar surface area (TPSA) is 79.6 Å². The minimum Gasteiger partial charge on any atom is -0.353 e. The SMILES string of the molecule is CCN(CCCNc1nc2cc(C)ccn2n1)S(C)(=O)=O. The van der Waals surface area contributed by atoms with Crippen molar-refractivity contribution in [2.75, 3.05) is 31.2 Å². The van der Waals surface area contributed by atoms with E-state index in [0.29, 0.717) is 32.0 Å². The Kier molecular flexibility index (Phi) is 4.79. The van der Waals surface area contributed by atoms with Crippen LogP contribution in [0.3, 0.4) is 0 Å². The van der Waals surface area contributed by atoms with Crippen molar-refractivity contribution in [3.63, 3.8) is 0 Å². The highest BCUT2D eigenvalue weighted by atomic mass is 32.2. The second kappa shape index (κ2) is 6.40. The molecule has 8 heteroatoms. The number of aryl methyl sites for hydroxylation is 1. The lowest BCUT2D eigenvalue weighted by molar-refractivity contribution is 0.428. The van der Waals surface area contributed by atoms with Crippen LogP contribution in [0.15, 0.2) is 18.3 Å². The van der Waals surface area contributed by atoms with Gasteiger partial charge in [-0.1, -0.05) is 6.92 Å². The van der Waals surface area contributed by atoms with Crippen molar-refractivity contribution < 1.29 is 8.42 Å². The Morgan fingerprint density at radius 3 is 2.86 bits per heavy atom. The maximum absolute atomic E-state index is 11.5. The van der Waals surface area contributed by atoms with Gasteiger partial charge in [0.15, 0.2) is 5.65 Å². The van der Waals surface area contributed by atoms with Gasteiger partial charge in [0.25, 0.3) is 0 Å². The highest BCUT2D eigenvalue weighted by Crippen LogP contribution is 2.07. The molecule has 0 atom stereocenters. The zero-order valence-corrected chi connectivity index (χ0v) is 13.4. The van der Waals surface area contributed by atoms with Gasteiger partial charge in [0.1, 0.15) is 0 Å². The number of pyridine rings is 1. The predicted octanol–water partition coefficient (Wildman–Crippen LogP) is 1.12. The van der Waals surface area contributed by atoms with E-state index in [-0.39, 0.29) is 0 Å². The molecule has 0 radical (unpaired) electrons. The molecule has 1 N–H and O–H groups in total. The molecule has 0 aliphatic heterocycles. The normalized spacial score (nSPS) is 12.2. The van der Waals surface area contributed by atoms with Gasteiger partial charge in [0.05, 0.1) is 6.26 Å². The number of rotatable bonds is 7.